The molecule has 88 valence electrons. The molecule has 0 spiro atoms. The van der Waals surface area contributed by atoms with E-state index in [4.69, 9.17) is 10.8 Å². The molecular weight excluding hydrogens is 204 g/mol. The van der Waals surface area contributed by atoms with Gasteiger partial charge in [-0.3, -0.25) is 16.1 Å². The molecule has 0 saturated carbocycles. The van der Waals surface area contributed by atoms with Gasteiger partial charge < -0.3 is 15.2 Å². The van der Waals surface area contributed by atoms with Gasteiger partial charge in [-0.25, -0.2) is 0 Å². The highest BCUT2D eigenvalue weighted by atomic mass is 15.3. The van der Waals surface area contributed by atoms with E-state index in [1.165, 1.54) is 0 Å². The van der Waals surface area contributed by atoms with Gasteiger partial charge in [-0.15, -0.1) is 0 Å². The van der Waals surface area contributed by atoms with E-state index in [1.54, 1.807) is 19.0 Å². The molecule has 0 radical (unpaired) electrons. The van der Waals surface area contributed by atoms with E-state index in [-0.39, 0.29) is 11.9 Å². The molecule has 0 aliphatic rings. The van der Waals surface area contributed by atoms with Gasteiger partial charge in [0.15, 0.2) is 11.9 Å². The van der Waals surface area contributed by atoms with Gasteiger partial charge in [-0.1, -0.05) is 0 Å². The molecular formula is C10H18N6. The van der Waals surface area contributed by atoms with Crippen molar-refractivity contribution in [1.82, 2.24) is 20.5 Å². The van der Waals surface area contributed by atoms with Crippen LogP contribution in [0.15, 0.2) is 12.1 Å². The largest absolute Gasteiger partial charge is 0.361 e. The van der Waals surface area contributed by atoms with E-state index in [0.29, 0.717) is 6.54 Å². The maximum atomic E-state index is 7.56. The number of hydrogen-bond donors (Lipinski definition) is 5. The van der Waals surface area contributed by atoms with Crippen LogP contribution in [0.25, 0.3) is 0 Å². The van der Waals surface area contributed by atoms with Crippen LogP contribution < -0.4 is 10.6 Å². The van der Waals surface area contributed by atoms with Crippen LogP contribution in [-0.2, 0) is 6.54 Å². The Labute approximate surface area is 95.1 Å². The van der Waals surface area contributed by atoms with Crippen LogP contribution in [0.4, 0.5) is 0 Å². The summed E-state index contributed by atoms with van der Waals surface area (Å²) in [6.45, 7) is 2.52. The lowest BCUT2D eigenvalue weighted by Crippen LogP contribution is -2.45. The van der Waals surface area contributed by atoms with Crippen molar-refractivity contribution in [3.05, 3.63) is 23.5 Å². The van der Waals surface area contributed by atoms with Gasteiger partial charge in [0.1, 0.15) is 0 Å². The summed E-state index contributed by atoms with van der Waals surface area (Å²) < 4.78 is 0. The van der Waals surface area contributed by atoms with Crippen molar-refractivity contribution in [2.24, 2.45) is 0 Å². The molecule has 0 saturated heterocycles. The summed E-state index contributed by atoms with van der Waals surface area (Å²) in [5.74, 6) is 0.297. The fourth-order valence-electron chi connectivity index (χ4n) is 1.12. The first-order chi connectivity index (χ1) is 7.49. The second-order valence-corrected chi connectivity index (χ2v) is 3.76. The Morgan fingerprint density at radius 1 is 1.38 bits per heavy atom. The van der Waals surface area contributed by atoms with E-state index in [2.05, 4.69) is 15.6 Å². The minimum absolute atomic E-state index is 0.117. The van der Waals surface area contributed by atoms with E-state index in [9.17, 15) is 0 Å². The molecule has 6 nitrogen and oxygen atoms in total. The number of guanidine groups is 2. The molecule has 1 heterocycles. The molecule has 0 atom stereocenters. The van der Waals surface area contributed by atoms with Crippen LogP contribution in [0, 0.1) is 17.7 Å². The lowest BCUT2D eigenvalue weighted by Gasteiger charge is -2.16. The fraction of sp³-hybridized carbons (Fsp3) is 0.400. The topological polar surface area (TPSA) is 90.8 Å². The maximum absolute atomic E-state index is 7.56. The first-order valence-corrected chi connectivity index (χ1v) is 4.99. The molecule has 0 bridgehead atoms. The molecule has 1 rings (SSSR count). The molecule has 16 heavy (non-hydrogen) atoms. The van der Waals surface area contributed by atoms with Crippen LogP contribution in [-0.4, -0.2) is 35.9 Å². The second kappa shape index (κ2) is 5.20. The van der Waals surface area contributed by atoms with Crippen LogP contribution in [0.2, 0.25) is 0 Å². The minimum atomic E-state index is 0.117. The van der Waals surface area contributed by atoms with Crippen molar-refractivity contribution in [2.75, 3.05) is 14.1 Å². The highest BCUT2D eigenvalue weighted by molar-refractivity contribution is 5.95. The van der Waals surface area contributed by atoms with Crippen LogP contribution in [0.5, 0.6) is 0 Å². The normalized spacial score (nSPS) is 9.69. The van der Waals surface area contributed by atoms with Gasteiger partial charge in [0, 0.05) is 25.5 Å². The third-order valence-electron chi connectivity index (χ3n) is 2.04. The smallest absolute Gasteiger partial charge is 0.197 e. The molecule has 0 aromatic carbocycles. The maximum Gasteiger partial charge on any atom is 0.197 e. The highest BCUT2D eigenvalue weighted by Crippen LogP contribution is 1.98. The molecule has 5 N–H and O–H groups in total. The standard InChI is InChI=1S/C10H18N6/c1-7-4-5-8(14-7)6-13-9(11)15-10(12)16(2)3/h4-5,14H,6H2,1-3H3,(H4,11,12,13,15). The summed E-state index contributed by atoms with van der Waals surface area (Å²) in [5.41, 5.74) is 2.11. The summed E-state index contributed by atoms with van der Waals surface area (Å²) in [7, 11) is 3.49. The number of H-pyrrole nitrogens is 1. The zero-order valence-electron chi connectivity index (χ0n) is 9.81. The van der Waals surface area contributed by atoms with Gasteiger partial charge in [0.05, 0.1) is 6.54 Å². The highest BCUT2D eigenvalue weighted by Gasteiger charge is 2.02. The number of nitrogens with zero attached hydrogens (tertiary/aromatic N) is 1. The summed E-state index contributed by atoms with van der Waals surface area (Å²) >= 11 is 0. The van der Waals surface area contributed by atoms with Crippen molar-refractivity contribution in [2.45, 2.75) is 13.5 Å². The third kappa shape index (κ3) is 3.64. The van der Waals surface area contributed by atoms with Gasteiger partial charge in [0.2, 0.25) is 0 Å². The number of aromatic amines is 1. The van der Waals surface area contributed by atoms with Crippen molar-refractivity contribution in [1.29, 1.82) is 10.8 Å². The van der Waals surface area contributed by atoms with Crippen LogP contribution in [0.1, 0.15) is 11.4 Å². The summed E-state index contributed by atoms with van der Waals surface area (Å²) in [6, 6.07) is 3.95. The van der Waals surface area contributed by atoms with E-state index >= 15 is 0 Å². The average molecular weight is 222 g/mol. The molecule has 6 heteroatoms. The predicted octanol–water partition coefficient (Wildman–Crippen LogP) is 0.433. The van der Waals surface area contributed by atoms with E-state index in [0.717, 1.165) is 11.4 Å². The average Bonchev–Trinajstić information content (AvgIpc) is 2.61. The molecule has 0 fully saturated rings. The Morgan fingerprint density at radius 3 is 2.56 bits per heavy atom. The summed E-state index contributed by atoms with van der Waals surface area (Å²) in [4.78, 5) is 4.75. The van der Waals surface area contributed by atoms with Gasteiger partial charge >= 0.3 is 0 Å². The quantitative estimate of drug-likeness (QED) is 0.371. The van der Waals surface area contributed by atoms with Gasteiger partial charge in [-0.2, -0.15) is 0 Å². The second-order valence-electron chi connectivity index (χ2n) is 3.76. The zero-order valence-corrected chi connectivity index (χ0v) is 9.81. The van der Waals surface area contributed by atoms with Gasteiger partial charge in [-0.05, 0) is 19.1 Å². The van der Waals surface area contributed by atoms with Crippen molar-refractivity contribution >= 4 is 11.9 Å². The Balaban J connectivity index is 2.33. The van der Waals surface area contributed by atoms with Crippen LogP contribution in [0.3, 0.4) is 0 Å². The Morgan fingerprint density at radius 2 is 2.06 bits per heavy atom. The van der Waals surface area contributed by atoms with Crippen molar-refractivity contribution in [3.8, 4) is 0 Å². The molecule has 0 aliphatic heterocycles. The van der Waals surface area contributed by atoms with Crippen molar-refractivity contribution < 1.29 is 0 Å². The Kier molecular flexibility index (Phi) is 3.93. The van der Waals surface area contributed by atoms with E-state index in [1.807, 2.05) is 19.1 Å². The minimum Gasteiger partial charge on any atom is -0.361 e. The molecule has 1 aromatic heterocycles. The van der Waals surface area contributed by atoms with E-state index < -0.39 is 0 Å². The predicted molar refractivity (Wildman–Crippen MR) is 64.6 cm³/mol. The van der Waals surface area contributed by atoms with Crippen LogP contribution >= 0.6 is 0 Å². The lowest BCUT2D eigenvalue weighted by molar-refractivity contribution is 0.597. The first kappa shape index (κ1) is 12.1. The third-order valence-corrected chi connectivity index (χ3v) is 2.04. The number of aryl methyl sites for hydroxylation is 1. The van der Waals surface area contributed by atoms with Gasteiger partial charge in [0.25, 0.3) is 0 Å². The number of nitrogens with one attached hydrogen (secondary N) is 5. The van der Waals surface area contributed by atoms with Crippen molar-refractivity contribution in [3.63, 3.8) is 0 Å². The SMILES string of the molecule is Cc1ccc(CNC(=N)NC(=N)N(C)C)[nH]1. The summed E-state index contributed by atoms with van der Waals surface area (Å²) in [6.07, 6.45) is 0. The number of aromatic nitrogens is 1. The number of rotatable bonds is 2. The summed E-state index contributed by atoms with van der Waals surface area (Å²) in [5, 5.41) is 20.5. The first-order valence-electron chi connectivity index (χ1n) is 4.99. The molecule has 1 aromatic rings. The lowest BCUT2D eigenvalue weighted by atomic mass is 10.4. The molecule has 0 amide bonds. The molecule has 0 unspecified atom stereocenters. The Hall–Kier alpha value is -1.98. The molecule has 0 aliphatic carbocycles. The fourth-order valence-corrected chi connectivity index (χ4v) is 1.12. The zero-order chi connectivity index (χ0) is 12.1. The monoisotopic (exact) mass is 222 g/mol. The Bertz CT molecular complexity index is 378. The number of hydrogen-bond acceptors (Lipinski definition) is 2.